The van der Waals surface area contributed by atoms with Crippen LogP contribution in [0, 0.1) is 0 Å². The van der Waals surface area contributed by atoms with Gasteiger partial charge in [-0.1, -0.05) is 29.3 Å². The third-order valence-electron chi connectivity index (χ3n) is 4.57. The molecule has 0 heterocycles. The van der Waals surface area contributed by atoms with Gasteiger partial charge in [-0.3, -0.25) is 0 Å². The van der Waals surface area contributed by atoms with Crippen molar-refractivity contribution in [2.75, 3.05) is 14.2 Å². The summed E-state index contributed by atoms with van der Waals surface area (Å²) in [5.74, 6) is 1.88. The molecule has 1 aliphatic carbocycles. The van der Waals surface area contributed by atoms with Crippen molar-refractivity contribution in [3.05, 3.63) is 57.1 Å². The van der Waals surface area contributed by atoms with Gasteiger partial charge in [0.1, 0.15) is 11.5 Å². The zero-order valence-corrected chi connectivity index (χ0v) is 15.4. The van der Waals surface area contributed by atoms with Crippen LogP contribution in [-0.4, -0.2) is 20.3 Å². The van der Waals surface area contributed by atoms with Crippen LogP contribution >= 0.6 is 23.2 Å². The molecule has 0 fully saturated rings. The third kappa shape index (κ3) is 3.64. The smallest absolute Gasteiger partial charge is 0.122 e. The maximum Gasteiger partial charge on any atom is 0.122 e. The summed E-state index contributed by atoms with van der Waals surface area (Å²) in [6.45, 7) is 0.724. The molecule has 0 amide bonds. The number of fused-ring (bicyclic) bond motifs is 1. The Bertz CT molecular complexity index is 734. The monoisotopic (exact) mass is 365 g/mol. The molecule has 1 atom stereocenters. The molecule has 2 aromatic carbocycles. The van der Waals surface area contributed by atoms with Gasteiger partial charge in [0.25, 0.3) is 0 Å². The zero-order chi connectivity index (χ0) is 17.1. The fourth-order valence-electron chi connectivity index (χ4n) is 3.29. The van der Waals surface area contributed by atoms with Crippen LogP contribution in [0.25, 0.3) is 0 Å². The molecule has 3 nitrogen and oxygen atoms in total. The molecule has 0 saturated carbocycles. The molecule has 0 radical (unpaired) electrons. The number of rotatable bonds is 5. The lowest BCUT2D eigenvalue weighted by atomic mass is 9.87. The van der Waals surface area contributed by atoms with Crippen LogP contribution in [0.5, 0.6) is 11.5 Å². The van der Waals surface area contributed by atoms with Gasteiger partial charge in [0.05, 0.1) is 14.2 Å². The van der Waals surface area contributed by atoms with Gasteiger partial charge in [-0.2, -0.15) is 0 Å². The largest absolute Gasteiger partial charge is 0.496 e. The van der Waals surface area contributed by atoms with E-state index in [4.69, 9.17) is 32.7 Å². The first kappa shape index (κ1) is 17.4. The topological polar surface area (TPSA) is 30.5 Å². The Hall–Kier alpha value is -1.42. The van der Waals surface area contributed by atoms with Crippen molar-refractivity contribution in [3.63, 3.8) is 0 Å². The molecule has 0 bridgehead atoms. The van der Waals surface area contributed by atoms with E-state index in [-0.39, 0.29) is 0 Å². The molecule has 1 unspecified atom stereocenters. The highest BCUT2D eigenvalue weighted by atomic mass is 35.5. The van der Waals surface area contributed by atoms with Gasteiger partial charge >= 0.3 is 0 Å². The van der Waals surface area contributed by atoms with Crippen molar-refractivity contribution in [1.82, 2.24) is 5.32 Å². The first-order chi connectivity index (χ1) is 11.6. The number of hydrogen-bond acceptors (Lipinski definition) is 3. The van der Waals surface area contributed by atoms with Crippen LogP contribution in [0.1, 0.15) is 23.1 Å². The minimum atomic E-state index is 0.380. The Balaban J connectivity index is 1.73. The van der Waals surface area contributed by atoms with E-state index in [2.05, 4.69) is 5.32 Å². The van der Waals surface area contributed by atoms with Crippen molar-refractivity contribution in [2.45, 2.75) is 31.8 Å². The van der Waals surface area contributed by atoms with Crippen molar-refractivity contribution in [3.8, 4) is 11.5 Å². The van der Waals surface area contributed by atoms with Crippen LogP contribution in [0.2, 0.25) is 10.0 Å². The van der Waals surface area contributed by atoms with Gasteiger partial charge in [0, 0.05) is 33.8 Å². The van der Waals surface area contributed by atoms with Crippen LogP contribution in [0.15, 0.2) is 30.3 Å². The predicted octanol–water partition coefficient (Wildman–Crippen LogP) is 4.66. The Morgan fingerprint density at radius 2 is 1.75 bits per heavy atom. The molecule has 5 heteroatoms. The zero-order valence-electron chi connectivity index (χ0n) is 13.9. The normalized spacial score (nSPS) is 16.6. The molecule has 0 spiro atoms. The SMILES string of the molecule is COc1ccc(OC)c2c1CCC(NCc1ccc(Cl)cc1Cl)C2. The summed E-state index contributed by atoms with van der Waals surface area (Å²) < 4.78 is 11.0. The average molecular weight is 366 g/mol. The molecule has 0 aromatic heterocycles. The summed E-state index contributed by atoms with van der Waals surface area (Å²) >= 11 is 12.2. The lowest BCUT2D eigenvalue weighted by Crippen LogP contribution is -2.34. The minimum absolute atomic E-state index is 0.380. The summed E-state index contributed by atoms with van der Waals surface area (Å²) in [7, 11) is 3.43. The second kappa shape index (κ2) is 7.64. The Morgan fingerprint density at radius 1 is 1.04 bits per heavy atom. The fraction of sp³-hybridized carbons (Fsp3) is 0.368. The first-order valence-electron chi connectivity index (χ1n) is 8.02. The quantitative estimate of drug-likeness (QED) is 0.835. The average Bonchev–Trinajstić information content (AvgIpc) is 2.59. The van der Waals surface area contributed by atoms with Crippen molar-refractivity contribution in [1.29, 1.82) is 0 Å². The first-order valence-corrected chi connectivity index (χ1v) is 8.78. The number of ether oxygens (including phenoxy) is 2. The molecule has 3 rings (SSSR count). The summed E-state index contributed by atoms with van der Waals surface area (Å²) in [5, 5.41) is 4.96. The maximum absolute atomic E-state index is 6.25. The van der Waals surface area contributed by atoms with Gasteiger partial charge < -0.3 is 14.8 Å². The number of methoxy groups -OCH3 is 2. The standard InChI is InChI=1S/C19H21Cl2NO2/c1-23-18-7-8-19(24-2)16-10-14(5-6-15(16)18)22-11-12-3-4-13(20)9-17(12)21/h3-4,7-9,14,22H,5-6,10-11H2,1-2H3. The highest BCUT2D eigenvalue weighted by molar-refractivity contribution is 6.35. The Labute approximate surface area is 152 Å². The Kier molecular flexibility index (Phi) is 5.54. The summed E-state index contributed by atoms with van der Waals surface area (Å²) in [6.07, 6.45) is 2.95. The van der Waals surface area contributed by atoms with Crippen molar-refractivity contribution in [2.24, 2.45) is 0 Å². The molecule has 0 saturated heterocycles. The third-order valence-corrected chi connectivity index (χ3v) is 5.16. The Morgan fingerprint density at radius 3 is 2.42 bits per heavy atom. The molecule has 2 aromatic rings. The second-order valence-corrected chi connectivity index (χ2v) is 6.83. The van der Waals surface area contributed by atoms with E-state index < -0.39 is 0 Å². The highest BCUT2D eigenvalue weighted by Crippen LogP contribution is 2.36. The van der Waals surface area contributed by atoms with Gasteiger partial charge in [0.15, 0.2) is 0 Å². The van der Waals surface area contributed by atoms with Crippen LogP contribution in [0.4, 0.5) is 0 Å². The van der Waals surface area contributed by atoms with E-state index in [1.807, 2.05) is 24.3 Å². The maximum atomic E-state index is 6.25. The number of nitrogens with one attached hydrogen (secondary N) is 1. The van der Waals surface area contributed by atoms with Crippen LogP contribution in [0.3, 0.4) is 0 Å². The van der Waals surface area contributed by atoms with E-state index in [0.29, 0.717) is 16.1 Å². The molecule has 1 aliphatic rings. The molecule has 128 valence electrons. The summed E-state index contributed by atoms with van der Waals surface area (Å²) in [5.41, 5.74) is 3.56. The predicted molar refractivity (Wildman–Crippen MR) is 98.7 cm³/mol. The lowest BCUT2D eigenvalue weighted by molar-refractivity contribution is 0.376. The van der Waals surface area contributed by atoms with Crippen molar-refractivity contribution >= 4 is 23.2 Å². The van der Waals surface area contributed by atoms with Crippen LogP contribution in [-0.2, 0) is 19.4 Å². The van der Waals surface area contributed by atoms with Gasteiger partial charge in [-0.15, -0.1) is 0 Å². The van der Waals surface area contributed by atoms with Gasteiger partial charge in [-0.05, 0) is 49.1 Å². The minimum Gasteiger partial charge on any atom is -0.496 e. The van der Waals surface area contributed by atoms with Gasteiger partial charge in [-0.25, -0.2) is 0 Å². The van der Waals surface area contributed by atoms with Crippen LogP contribution < -0.4 is 14.8 Å². The van der Waals surface area contributed by atoms with Gasteiger partial charge in [0.2, 0.25) is 0 Å². The molecule has 1 N–H and O–H groups in total. The van der Waals surface area contributed by atoms with E-state index in [1.165, 1.54) is 11.1 Å². The molecular weight excluding hydrogens is 345 g/mol. The molecule has 0 aliphatic heterocycles. The van der Waals surface area contributed by atoms with E-state index >= 15 is 0 Å². The number of benzene rings is 2. The van der Waals surface area contributed by atoms with E-state index in [9.17, 15) is 0 Å². The molecule has 24 heavy (non-hydrogen) atoms. The summed E-state index contributed by atoms with van der Waals surface area (Å²) in [4.78, 5) is 0. The van der Waals surface area contributed by atoms with Crippen molar-refractivity contribution < 1.29 is 9.47 Å². The fourth-order valence-corrected chi connectivity index (χ4v) is 3.77. The second-order valence-electron chi connectivity index (χ2n) is 5.98. The summed E-state index contributed by atoms with van der Waals surface area (Å²) in [6, 6.07) is 9.97. The van der Waals surface area contributed by atoms with E-state index in [0.717, 1.165) is 42.9 Å². The van der Waals surface area contributed by atoms with E-state index in [1.54, 1.807) is 20.3 Å². The highest BCUT2D eigenvalue weighted by Gasteiger charge is 2.24. The number of halogens is 2. The molecular formula is C19H21Cl2NO2. The lowest BCUT2D eigenvalue weighted by Gasteiger charge is -2.28. The number of hydrogen-bond donors (Lipinski definition) is 1.